The second-order valence-corrected chi connectivity index (χ2v) is 6.84. The summed E-state index contributed by atoms with van der Waals surface area (Å²) in [5.41, 5.74) is 3.83. The number of rotatable bonds is 5. The molecule has 114 valence electrons. The van der Waals surface area contributed by atoms with Crippen molar-refractivity contribution in [3.05, 3.63) is 52.3 Å². The van der Waals surface area contributed by atoms with Gasteiger partial charge in [-0.3, -0.25) is 4.68 Å². The predicted molar refractivity (Wildman–Crippen MR) is 89.0 cm³/mol. The molecule has 2 rings (SSSR count). The van der Waals surface area contributed by atoms with Gasteiger partial charge in [0.2, 0.25) is 0 Å². The zero-order chi connectivity index (χ0) is 15.5. The maximum absolute atomic E-state index is 6.08. The van der Waals surface area contributed by atoms with Gasteiger partial charge < -0.3 is 5.32 Å². The highest BCUT2D eigenvalue weighted by molar-refractivity contribution is 6.31. The molecular weight excluding hydrogens is 282 g/mol. The molecule has 0 aliphatic rings. The van der Waals surface area contributed by atoms with Crippen molar-refractivity contribution in [2.24, 2.45) is 0 Å². The maximum Gasteiger partial charge on any atom is 0.0815 e. The molecule has 0 bridgehead atoms. The van der Waals surface area contributed by atoms with Gasteiger partial charge in [0.05, 0.1) is 23.5 Å². The summed E-state index contributed by atoms with van der Waals surface area (Å²) in [4.78, 5) is 0. The van der Waals surface area contributed by atoms with Gasteiger partial charge in [-0.2, -0.15) is 5.10 Å². The second kappa shape index (κ2) is 6.63. The molecule has 0 aliphatic heterocycles. The monoisotopic (exact) mass is 305 g/mol. The van der Waals surface area contributed by atoms with Gasteiger partial charge in [-0.25, -0.2) is 0 Å². The molecule has 1 aromatic heterocycles. The lowest BCUT2D eigenvalue weighted by atomic mass is 10.0. The zero-order valence-electron chi connectivity index (χ0n) is 13.3. The van der Waals surface area contributed by atoms with Crippen LogP contribution in [-0.4, -0.2) is 21.9 Å². The van der Waals surface area contributed by atoms with Gasteiger partial charge >= 0.3 is 0 Å². The Balaban J connectivity index is 2.08. The molecular formula is C17H24ClN3. The standard InChI is InChI=1S/C17H24ClN3/c1-13-16(18)11-20-21(13)12-15-8-6-5-7-14(15)9-10-19-17(2,3)4/h5-8,11,19H,9-10,12H2,1-4H3. The molecule has 2 aromatic rings. The molecule has 1 aromatic carbocycles. The van der Waals surface area contributed by atoms with Crippen molar-refractivity contribution >= 4 is 11.6 Å². The lowest BCUT2D eigenvalue weighted by molar-refractivity contribution is 0.429. The second-order valence-electron chi connectivity index (χ2n) is 6.43. The molecule has 0 saturated carbocycles. The third kappa shape index (κ3) is 4.58. The van der Waals surface area contributed by atoms with Crippen molar-refractivity contribution in [1.29, 1.82) is 0 Å². The molecule has 0 spiro atoms. The van der Waals surface area contributed by atoms with Gasteiger partial charge in [-0.05, 0) is 51.8 Å². The van der Waals surface area contributed by atoms with E-state index in [1.807, 2.05) is 11.6 Å². The van der Waals surface area contributed by atoms with Crippen molar-refractivity contribution in [3.63, 3.8) is 0 Å². The van der Waals surface area contributed by atoms with E-state index in [9.17, 15) is 0 Å². The summed E-state index contributed by atoms with van der Waals surface area (Å²) < 4.78 is 1.96. The molecule has 0 radical (unpaired) electrons. The molecule has 0 atom stereocenters. The van der Waals surface area contributed by atoms with Crippen LogP contribution in [0, 0.1) is 6.92 Å². The highest BCUT2D eigenvalue weighted by Crippen LogP contribution is 2.17. The SMILES string of the molecule is Cc1c(Cl)cnn1Cc1ccccc1CCNC(C)(C)C. The molecule has 4 heteroatoms. The Labute approximate surface area is 132 Å². The van der Waals surface area contributed by atoms with Crippen LogP contribution in [0.4, 0.5) is 0 Å². The number of nitrogens with one attached hydrogen (secondary N) is 1. The van der Waals surface area contributed by atoms with Crippen LogP contribution in [0.15, 0.2) is 30.5 Å². The van der Waals surface area contributed by atoms with Crippen molar-refractivity contribution in [3.8, 4) is 0 Å². The van der Waals surface area contributed by atoms with Gasteiger partial charge in [-0.15, -0.1) is 0 Å². The van der Waals surface area contributed by atoms with Crippen LogP contribution < -0.4 is 5.32 Å². The number of halogens is 1. The normalized spacial score (nSPS) is 11.9. The minimum atomic E-state index is 0.154. The number of hydrogen-bond acceptors (Lipinski definition) is 2. The van der Waals surface area contributed by atoms with E-state index >= 15 is 0 Å². The van der Waals surface area contributed by atoms with Crippen LogP contribution in [0.2, 0.25) is 5.02 Å². The van der Waals surface area contributed by atoms with Gasteiger partial charge in [-0.1, -0.05) is 35.9 Å². The first-order valence-corrected chi connectivity index (χ1v) is 7.74. The Morgan fingerprint density at radius 1 is 1.19 bits per heavy atom. The van der Waals surface area contributed by atoms with Gasteiger partial charge in [0.25, 0.3) is 0 Å². The Morgan fingerprint density at radius 3 is 2.43 bits per heavy atom. The van der Waals surface area contributed by atoms with Crippen LogP contribution in [0.3, 0.4) is 0 Å². The van der Waals surface area contributed by atoms with Gasteiger partial charge in [0, 0.05) is 5.54 Å². The number of aromatic nitrogens is 2. The van der Waals surface area contributed by atoms with E-state index in [1.165, 1.54) is 11.1 Å². The first kappa shape index (κ1) is 16.1. The average Bonchev–Trinajstić information content (AvgIpc) is 2.71. The topological polar surface area (TPSA) is 29.9 Å². The van der Waals surface area contributed by atoms with Crippen molar-refractivity contribution in [2.45, 2.75) is 46.2 Å². The zero-order valence-corrected chi connectivity index (χ0v) is 14.0. The van der Waals surface area contributed by atoms with Crippen LogP contribution in [-0.2, 0) is 13.0 Å². The number of hydrogen-bond donors (Lipinski definition) is 1. The fourth-order valence-corrected chi connectivity index (χ4v) is 2.41. The van der Waals surface area contributed by atoms with E-state index in [4.69, 9.17) is 11.6 Å². The highest BCUT2D eigenvalue weighted by Gasteiger charge is 2.10. The molecule has 21 heavy (non-hydrogen) atoms. The minimum Gasteiger partial charge on any atom is -0.312 e. The van der Waals surface area contributed by atoms with E-state index in [-0.39, 0.29) is 5.54 Å². The van der Waals surface area contributed by atoms with E-state index < -0.39 is 0 Å². The molecule has 0 unspecified atom stereocenters. The van der Waals surface area contributed by atoms with Crippen LogP contribution >= 0.6 is 11.6 Å². The lowest BCUT2D eigenvalue weighted by Crippen LogP contribution is -2.37. The van der Waals surface area contributed by atoms with E-state index in [0.29, 0.717) is 0 Å². The quantitative estimate of drug-likeness (QED) is 0.910. The van der Waals surface area contributed by atoms with Crippen LogP contribution in [0.25, 0.3) is 0 Å². The van der Waals surface area contributed by atoms with E-state index in [2.05, 4.69) is 55.5 Å². The molecule has 0 amide bonds. The fraction of sp³-hybridized carbons (Fsp3) is 0.471. The predicted octanol–water partition coefficient (Wildman–Crippen LogP) is 3.82. The number of nitrogens with zero attached hydrogens (tertiary/aromatic N) is 2. The third-order valence-electron chi connectivity index (χ3n) is 3.53. The van der Waals surface area contributed by atoms with E-state index in [1.54, 1.807) is 6.20 Å². The average molecular weight is 306 g/mol. The Kier molecular flexibility index (Phi) is 5.07. The summed E-state index contributed by atoms with van der Waals surface area (Å²) in [6.45, 7) is 10.3. The first-order chi connectivity index (χ1) is 9.87. The minimum absolute atomic E-state index is 0.154. The molecule has 1 heterocycles. The molecule has 1 N–H and O–H groups in total. The summed E-state index contributed by atoms with van der Waals surface area (Å²) in [6, 6.07) is 8.54. The summed E-state index contributed by atoms with van der Waals surface area (Å²) in [6.07, 6.45) is 2.72. The van der Waals surface area contributed by atoms with E-state index in [0.717, 1.165) is 30.2 Å². The third-order valence-corrected chi connectivity index (χ3v) is 3.90. The smallest absolute Gasteiger partial charge is 0.0815 e. The first-order valence-electron chi connectivity index (χ1n) is 7.36. The highest BCUT2D eigenvalue weighted by atomic mass is 35.5. The van der Waals surface area contributed by atoms with Gasteiger partial charge in [0.15, 0.2) is 0 Å². The Hall–Kier alpha value is -1.32. The number of benzene rings is 1. The van der Waals surface area contributed by atoms with Crippen molar-refractivity contribution < 1.29 is 0 Å². The lowest BCUT2D eigenvalue weighted by Gasteiger charge is -2.21. The fourth-order valence-electron chi connectivity index (χ4n) is 2.27. The van der Waals surface area contributed by atoms with Crippen LogP contribution in [0.1, 0.15) is 37.6 Å². The molecule has 3 nitrogen and oxygen atoms in total. The Bertz CT molecular complexity index is 596. The molecule has 0 saturated heterocycles. The summed E-state index contributed by atoms with van der Waals surface area (Å²) in [5.74, 6) is 0. The summed E-state index contributed by atoms with van der Waals surface area (Å²) in [7, 11) is 0. The molecule has 0 fully saturated rings. The van der Waals surface area contributed by atoms with Crippen molar-refractivity contribution in [1.82, 2.24) is 15.1 Å². The van der Waals surface area contributed by atoms with Crippen LogP contribution in [0.5, 0.6) is 0 Å². The maximum atomic E-state index is 6.08. The summed E-state index contributed by atoms with van der Waals surface area (Å²) in [5, 5.41) is 8.60. The molecule has 0 aliphatic carbocycles. The van der Waals surface area contributed by atoms with Gasteiger partial charge in [0.1, 0.15) is 0 Å². The largest absolute Gasteiger partial charge is 0.312 e. The summed E-state index contributed by atoms with van der Waals surface area (Å²) >= 11 is 6.08. The van der Waals surface area contributed by atoms with Crippen molar-refractivity contribution in [2.75, 3.05) is 6.54 Å². The Morgan fingerprint density at radius 2 is 1.86 bits per heavy atom.